The fraction of sp³-hybridized carbons (Fsp3) is 0.471. The van der Waals surface area contributed by atoms with Crippen molar-refractivity contribution in [3.63, 3.8) is 0 Å². The van der Waals surface area contributed by atoms with Crippen LogP contribution in [0.3, 0.4) is 0 Å². The van der Waals surface area contributed by atoms with E-state index in [-0.39, 0.29) is 12.5 Å². The molecule has 2 fully saturated rings. The van der Waals surface area contributed by atoms with E-state index in [1.165, 1.54) is 12.8 Å². The predicted octanol–water partition coefficient (Wildman–Crippen LogP) is 2.04. The number of rotatable bonds is 4. The number of amides is 1. The molecule has 20 heavy (non-hydrogen) atoms. The highest BCUT2D eigenvalue weighted by Gasteiger charge is 2.37. The third kappa shape index (κ3) is 3.02. The van der Waals surface area contributed by atoms with E-state index in [0.29, 0.717) is 23.1 Å². The Morgan fingerprint density at radius 2 is 2.00 bits per heavy atom. The van der Waals surface area contributed by atoms with Gasteiger partial charge in [-0.25, -0.2) is 0 Å². The van der Waals surface area contributed by atoms with Crippen LogP contribution in [0.2, 0.25) is 0 Å². The lowest BCUT2D eigenvalue weighted by Gasteiger charge is -2.23. The molecule has 0 unspecified atom stereocenters. The van der Waals surface area contributed by atoms with Gasteiger partial charge in [0, 0.05) is 18.2 Å². The van der Waals surface area contributed by atoms with Gasteiger partial charge in [-0.3, -0.25) is 4.79 Å². The van der Waals surface area contributed by atoms with Crippen LogP contribution in [-0.4, -0.2) is 35.1 Å². The number of benzene rings is 1. The molecule has 0 saturated heterocycles. The van der Waals surface area contributed by atoms with E-state index < -0.39 is 0 Å². The molecule has 1 N–H and O–H groups in total. The molecule has 3 heteroatoms. The molecule has 2 aliphatic rings. The van der Waals surface area contributed by atoms with Gasteiger partial charge in [0.05, 0.1) is 5.56 Å². The highest BCUT2D eigenvalue weighted by Crippen LogP contribution is 2.35. The van der Waals surface area contributed by atoms with E-state index in [1.54, 1.807) is 0 Å². The van der Waals surface area contributed by atoms with Gasteiger partial charge in [-0.1, -0.05) is 24.0 Å². The molecule has 0 aromatic heterocycles. The molecule has 1 aromatic rings. The van der Waals surface area contributed by atoms with Crippen LogP contribution in [0.5, 0.6) is 0 Å². The quantitative estimate of drug-likeness (QED) is 0.850. The molecule has 0 spiro atoms. The zero-order chi connectivity index (χ0) is 13.9. The van der Waals surface area contributed by atoms with Gasteiger partial charge < -0.3 is 10.0 Å². The molecule has 0 bridgehead atoms. The summed E-state index contributed by atoms with van der Waals surface area (Å²) < 4.78 is 0. The van der Waals surface area contributed by atoms with Gasteiger partial charge in [0.1, 0.15) is 6.61 Å². The molecule has 2 saturated carbocycles. The predicted molar refractivity (Wildman–Crippen MR) is 77.2 cm³/mol. The second kappa shape index (κ2) is 5.68. The van der Waals surface area contributed by atoms with Gasteiger partial charge in [0.15, 0.2) is 0 Å². The lowest BCUT2D eigenvalue weighted by Crippen LogP contribution is -2.35. The van der Waals surface area contributed by atoms with Gasteiger partial charge in [-0.05, 0) is 43.7 Å². The monoisotopic (exact) mass is 269 g/mol. The molecule has 2 aliphatic carbocycles. The van der Waals surface area contributed by atoms with Crippen LogP contribution in [-0.2, 0) is 0 Å². The van der Waals surface area contributed by atoms with Crippen molar-refractivity contribution in [3.05, 3.63) is 35.4 Å². The molecule has 3 rings (SSSR count). The van der Waals surface area contributed by atoms with Crippen LogP contribution in [0.15, 0.2) is 24.3 Å². The normalized spacial score (nSPS) is 17.2. The van der Waals surface area contributed by atoms with Crippen molar-refractivity contribution in [2.45, 2.75) is 31.7 Å². The smallest absolute Gasteiger partial charge is 0.255 e. The summed E-state index contributed by atoms with van der Waals surface area (Å²) in [5, 5.41) is 8.82. The van der Waals surface area contributed by atoms with Crippen molar-refractivity contribution in [2.24, 2.45) is 5.92 Å². The summed E-state index contributed by atoms with van der Waals surface area (Å²) >= 11 is 0. The summed E-state index contributed by atoms with van der Waals surface area (Å²) in [6, 6.07) is 7.87. The Bertz CT molecular complexity index is 562. The Morgan fingerprint density at radius 1 is 1.25 bits per heavy atom. The van der Waals surface area contributed by atoms with E-state index in [1.807, 2.05) is 29.2 Å². The SMILES string of the molecule is O=C(c1ccccc1C#CCO)N(CC1CC1)C1CC1. The first-order valence-corrected chi connectivity index (χ1v) is 7.29. The van der Waals surface area contributed by atoms with E-state index in [9.17, 15) is 4.79 Å². The van der Waals surface area contributed by atoms with E-state index in [4.69, 9.17) is 5.11 Å². The van der Waals surface area contributed by atoms with Crippen LogP contribution >= 0.6 is 0 Å². The maximum Gasteiger partial charge on any atom is 0.255 e. The average molecular weight is 269 g/mol. The Morgan fingerprint density at radius 3 is 2.65 bits per heavy atom. The number of nitrogens with zero attached hydrogens (tertiary/aromatic N) is 1. The Kier molecular flexibility index (Phi) is 3.75. The topological polar surface area (TPSA) is 40.5 Å². The second-order valence-corrected chi connectivity index (χ2v) is 5.64. The van der Waals surface area contributed by atoms with E-state index in [0.717, 1.165) is 19.4 Å². The van der Waals surface area contributed by atoms with Crippen LogP contribution in [0.1, 0.15) is 41.6 Å². The first-order valence-electron chi connectivity index (χ1n) is 7.29. The third-order valence-electron chi connectivity index (χ3n) is 3.86. The van der Waals surface area contributed by atoms with Crippen molar-refractivity contribution in [3.8, 4) is 11.8 Å². The lowest BCUT2D eigenvalue weighted by atomic mass is 10.1. The molecule has 3 nitrogen and oxygen atoms in total. The Hall–Kier alpha value is -1.79. The largest absolute Gasteiger partial charge is 0.384 e. The lowest BCUT2D eigenvalue weighted by molar-refractivity contribution is 0.0734. The Labute approximate surface area is 119 Å². The minimum Gasteiger partial charge on any atom is -0.384 e. The first kappa shape index (κ1) is 13.2. The van der Waals surface area contributed by atoms with Crippen LogP contribution < -0.4 is 0 Å². The van der Waals surface area contributed by atoms with Gasteiger partial charge in [0.2, 0.25) is 0 Å². The zero-order valence-corrected chi connectivity index (χ0v) is 11.5. The standard InChI is InChI=1S/C17H19NO2/c19-11-3-5-14-4-1-2-6-16(14)17(20)18(15-9-10-15)12-13-7-8-13/h1-2,4,6,13,15,19H,7-12H2. The molecule has 0 aliphatic heterocycles. The van der Waals surface area contributed by atoms with Gasteiger partial charge >= 0.3 is 0 Å². The first-order chi connectivity index (χ1) is 9.79. The maximum atomic E-state index is 12.8. The van der Waals surface area contributed by atoms with Crippen molar-refractivity contribution < 1.29 is 9.90 Å². The maximum absolute atomic E-state index is 12.8. The van der Waals surface area contributed by atoms with Crippen LogP contribution in [0, 0.1) is 17.8 Å². The molecule has 1 amide bonds. The summed E-state index contributed by atoms with van der Waals surface area (Å²) in [7, 11) is 0. The summed E-state index contributed by atoms with van der Waals surface area (Å²) in [6.45, 7) is 0.711. The molecule has 1 aromatic carbocycles. The Balaban J connectivity index is 1.84. The molecule has 0 atom stereocenters. The highest BCUT2D eigenvalue weighted by molar-refractivity contribution is 5.97. The number of aliphatic hydroxyl groups is 1. The minimum atomic E-state index is -0.184. The van der Waals surface area contributed by atoms with Gasteiger partial charge in [0.25, 0.3) is 5.91 Å². The summed E-state index contributed by atoms with van der Waals surface area (Å²) in [5.41, 5.74) is 1.38. The highest BCUT2D eigenvalue weighted by atomic mass is 16.2. The van der Waals surface area contributed by atoms with Crippen LogP contribution in [0.4, 0.5) is 0 Å². The molecule has 0 heterocycles. The molecular weight excluding hydrogens is 250 g/mol. The third-order valence-corrected chi connectivity index (χ3v) is 3.86. The molecule has 104 valence electrons. The number of hydrogen-bond acceptors (Lipinski definition) is 2. The minimum absolute atomic E-state index is 0.0993. The fourth-order valence-corrected chi connectivity index (χ4v) is 2.43. The van der Waals surface area contributed by atoms with Gasteiger partial charge in [-0.2, -0.15) is 0 Å². The van der Waals surface area contributed by atoms with Crippen LogP contribution in [0.25, 0.3) is 0 Å². The molecule has 0 radical (unpaired) electrons. The zero-order valence-electron chi connectivity index (χ0n) is 11.5. The molecular formula is C17H19NO2. The summed E-state index contributed by atoms with van der Waals surface area (Å²) in [6.07, 6.45) is 4.76. The fourth-order valence-electron chi connectivity index (χ4n) is 2.43. The second-order valence-electron chi connectivity index (χ2n) is 5.64. The van der Waals surface area contributed by atoms with Crippen molar-refractivity contribution >= 4 is 5.91 Å². The van der Waals surface area contributed by atoms with E-state index >= 15 is 0 Å². The number of carbonyl (C=O) groups excluding carboxylic acids is 1. The summed E-state index contributed by atoms with van der Waals surface area (Å²) in [5.74, 6) is 6.31. The average Bonchev–Trinajstić information content (AvgIpc) is 3.35. The number of carbonyl (C=O) groups is 1. The van der Waals surface area contributed by atoms with E-state index in [2.05, 4.69) is 11.8 Å². The number of hydrogen-bond donors (Lipinski definition) is 1. The van der Waals surface area contributed by atoms with Crippen molar-refractivity contribution in [2.75, 3.05) is 13.2 Å². The van der Waals surface area contributed by atoms with Gasteiger partial charge in [-0.15, -0.1) is 0 Å². The van der Waals surface area contributed by atoms with Crippen molar-refractivity contribution in [1.82, 2.24) is 4.90 Å². The number of aliphatic hydroxyl groups excluding tert-OH is 1. The summed E-state index contributed by atoms with van der Waals surface area (Å²) in [4.78, 5) is 14.8. The van der Waals surface area contributed by atoms with Crippen molar-refractivity contribution in [1.29, 1.82) is 0 Å².